The van der Waals surface area contributed by atoms with Gasteiger partial charge in [-0.1, -0.05) is 32.5 Å². The maximum absolute atomic E-state index is 12.7. The molecule has 3 aromatic heterocycles. The van der Waals surface area contributed by atoms with Gasteiger partial charge >= 0.3 is 0 Å². The van der Waals surface area contributed by atoms with E-state index in [0.717, 1.165) is 47.9 Å². The molecule has 32 heavy (non-hydrogen) atoms. The number of anilines is 1. The molecule has 0 aromatic carbocycles. The third-order valence-electron chi connectivity index (χ3n) is 5.69. The van der Waals surface area contributed by atoms with Gasteiger partial charge in [0, 0.05) is 27.2 Å². The number of hydrogen-bond donors (Lipinski definition) is 1. The Bertz CT molecular complexity index is 1170. The van der Waals surface area contributed by atoms with E-state index >= 15 is 0 Å². The first-order chi connectivity index (χ1) is 15.4. The highest BCUT2D eigenvalue weighted by Crippen LogP contribution is 2.39. The van der Waals surface area contributed by atoms with Crippen molar-refractivity contribution in [2.75, 3.05) is 11.1 Å². The van der Waals surface area contributed by atoms with Crippen molar-refractivity contribution in [1.82, 2.24) is 14.8 Å². The monoisotopic (exact) mass is 485 g/mol. The fraction of sp³-hybridized carbons (Fsp3) is 0.478. The van der Waals surface area contributed by atoms with Gasteiger partial charge in [0.25, 0.3) is 0 Å². The van der Waals surface area contributed by atoms with Crippen molar-refractivity contribution in [2.45, 2.75) is 64.6 Å². The molecule has 0 radical (unpaired) electrons. The van der Waals surface area contributed by atoms with Crippen LogP contribution >= 0.6 is 34.4 Å². The summed E-state index contributed by atoms with van der Waals surface area (Å²) in [5, 5.41) is 24.9. The SMILES string of the molecule is CCn1c(SCC(=O)Nc2sc3c(c2C#N)CCC(C)C3)nnc1-c1csc(C(C)C)c1. The molecular formula is C23H27N5OS3. The third-order valence-corrected chi connectivity index (χ3v) is 9.06. The second-order valence-electron chi connectivity index (χ2n) is 8.45. The number of nitriles is 1. The zero-order valence-electron chi connectivity index (χ0n) is 18.8. The number of aromatic nitrogens is 3. The van der Waals surface area contributed by atoms with E-state index < -0.39 is 0 Å². The lowest BCUT2D eigenvalue weighted by atomic mass is 9.89. The molecule has 0 aliphatic heterocycles. The Balaban J connectivity index is 1.45. The summed E-state index contributed by atoms with van der Waals surface area (Å²) in [6.07, 6.45) is 3.01. The number of thioether (sulfide) groups is 1. The standard InChI is InChI=1S/C23H27N5OS3/c1-5-28-21(15-9-18(13(2)3)30-11-15)26-27-23(28)31-12-20(29)25-22-17(10-24)16-7-6-14(4)8-19(16)32-22/h9,11,13-14H,5-8,12H2,1-4H3,(H,25,29). The summed E-state index contributed by atoms with van der Waals surface area (Å²) in [6.45, 7) is 9.39. The lowest BCUT2D eigenvalue weighted by Crippen LogP contribution is -2.14. The van der Waals surface area contributed by atoms with Gasteiger partial charge in [0.2, 0.25) is 5.91 Å². The number of fused-ring (bicyclic) bond motifs is 1. The van der Waals surface area contributed by atoms with E-state index in [2.05, 4.69) is 65.3 Å². The molecule has 9 heteroatoms. The van der Waals surface area contributed by atoms with Gasteiger partial charge in [-0.15, -0.1) is 32.9 Å². The highest BCUT2D eigenvalue weighted by atomic mass is 32.2. The number of nitrogens with one attached hydrogen (secondary N) is 1. The van der Waals surface area contributed by atoms with Crippen molar-refractivity contribution in [3.63, 3.8) is 0 Å². The molecule has 1 aliphatic carbocycles. The van der Waals surface area contributed by atoms with E-state index in [1.807, 2.05) is 0 Å². The van der Waals surface area contributed by atoms with Crippen molar-refractivity contribution in [3.8, 4) is 17.5 Å². The van der Waals surface area contributed by atoms with Crippen LogP contribution < -0.4 is 5.32 Å². The summed E-state index contributed by atoms with van der Waals surface area (Å²) in [5.74, 6) is 2.05. The van der Waals surface area contributed by atoms with Crippen LogP contribution in [0.15, 0.2) is 16.6 Å². The first-order valence-electron chi connectivity index (χ1n) is 10.9. The Morgan fingerprint density at radius 3 is 2.94 bits per heavy atom. The second kappa shape index (κ2) is 9.77. The first kappa shape index (κ1) is 23.0. The van der Waals surface area contributed by atoms with E-state index in [0.29, 0.717) is 22.4 Å². The predicted octanol–water partition coefficient (Wildman–Crippen LogP) is 5.94. The molecule has 1 aliphatic rings. The van der Waals surface area contributed by atoms with E-state index in [-0.39, 0.29) is 11.7 Å². The zero-order chi connectivity index (χ0) is 22.8. The first-order valence-corrected chi connectivity index (χ1v) is 13.6. The Morgan fingerprint density at radius 2 is 2.25 bits per heavy atom. The topological polar surface area (TPSA) is 83.6 Å². The van der Waals surface area contributed by atoms with Crippen LogP contribution in [0.1, 0.15) is 60.9 Å². The molecule has 0 spiro atoms. The summed E-state index contributed by atoms with van der Waals surface area (Å²) >= 11 is 4.67. The molecule has 1 unspecified atom stereocenters. The molecule has 0 saturated carbocycles. The number of rotatable bonds is 7. The average Bonchev–Trinajstić information content (AvgIpc) is 3.47. The quantitative estimate of drug-likeness (QED) is 0.419. The molecular weight excluding hydrogens is 458 g/mol. The molecule has 0 saturated heterocycles. The Hall–Kier alpha value is -2.15. The van der Waals surface area contributed by atoms with Crippen LogP contribution in [0.3, 0.4) is 0 Å². The number of hydrogen-bond acceptors (Lipinski definition) is 7. The summed E-state index contributed by atoms with van der Waals surface area (Å²) in [5.41, 5.74) is 2.85. The Morgan fingerprint density at radius 1 is 1.44 bits per heavy atom. The van der Waals surface area contributed by atoms with Gasteiger partial charge in [-0.25, -0.2) is 0 Å². The average molecular weight is 486 g/mol. The van der Waals surface area contributed by atoms with Crippen LogP contribution in [0.5, 0.6) is 0 Å². The van der Waals surface area contributed by atoms with E-state index in [1.54, 1.807) is 22.7 Å². The van der Waals surface area contributed by atoms with Gasteiger partial charge in [-0.3, -0.25) is 4.79 Å². The minimum Gasteiger partial charge on any atom is -0.316 e. The van der Waals surface area contributed by atoms with Crippen LogP contribution in [0.25, 0.3) is 11.4 Å². The number of amides is 1. The molecule has 3 aromatic rings. The molecule has 6 nitrogen and oxygen atoms in total. The number of carbonyl (C=O) groups is 1. The summed E-state index contributed by atoms with van der Waals surface area (Å²) in [6, 6.07) is 4.49. The molecule has 1 N–H and O–H groups in total. The summed E-state index contributed by atoms with van der Waals surface area (Å²) < 4.78 is 2.05. The minimum absolute atomic E-state index is 0.122. The fourth-order valence-corrected chi connectivity index (χ4v) is 7.00. The smallest absolute Gasteiger partial charge is 0.235 e. The van der Waals surface area contributed by atoms with Crippen LogP contribution in [0, 0.1) is 17.2 Å². The predicted molar refractivity (Wildman–Crippen MR) is 133 cm³/mol. The van der Waals surface area contributed by atoms with E-state index in [1.165, 1.54) is 21.5 Å². The molecule has 0 fully saturated rings. The van der Waals surface area contributed by atoms with E-state index in [9.17, 15) is 10.1 Å². The van der Waals surface area contributed by atoms with E-state index in [4.69, 9.17) is 0 Å². The van der Waals surface area contributed by atoms with Crippen LogP contribution in [0.4, 0.5) is 5.00 Å². The Labute approximate surface area is 201 Å². The van der Waals surface area contributed by atoms with Crippen molar-refractivity contribution in [1.29, 1.82) is 5.26 Å². The van der Waals surface area contributed by atoms with Crippen LogP contribution in [-0.4, -0.2) is 26.4 Å². The maximum atomic E-state index is 12.7. The normalized spacial score (nSPS) is 15.6. The maximum Gasteiger partial charge on any atom is 0.235 e. The minimum atomic E-state index is -0.122. The molecule has 1 atom stereocenters. The van der Waals surface area contributed by atoms with Gasteiger partial charge in [-0.2, -0.15) is 5.26 Å². The van der Waals surface area contributed by atoms with Crippen LogP contribution in [0.2, 0.25) is 0 Å². The van der Waals surface area contributed by atoms with Gasteiger partial charge in [0.05, 0.1) is 11.3 Å². The largest absolute Gasteiger partial charge is 0.316 e. The van der Waals surface area contributed by atoms with Gasteiger partial charge < -0.3 is 9.88 Å². The van der Waals surface area contributed by atoms with Gasteiger partial charge in [0.15, 0.2) is 11.0 Å². The summed E-state index contributed by atoms with van der Waals surface area (Å²) in [4.78, 5) is 15.3. The molecule has 4 rings (SSSR count). The zero-order valence-corrected chi connectivity index (χ0v) is 21.2. The second-order valence-corrected chi connectivity index (χ2v) is 11.4. The van der Waals surface area contributed by atoms with Crippen molar-refractivity contribution in [3.05, 3.63) is 32.3 Å². The van der Waals surface area contributed by atoms with Crippen LogP contribution in [-0.2, 0) is 24.2 Å². The highest BCUT2D eigenvalue weighted by Gasteiger charge is 2.25. The molecule has 1 amide bonds. The molecule has 3 heterocycles. The highest BCUT2D eigenvalue weighted by molar-refractivity contribution is 7.99. The van der Waals surface area contributed by atoms with Crippen molar-refractivity contribution < 1.29 is 4.79 Å². The third kappa shape index (κ3) is 4.63. The lowest BCUT2D eigenvalue weighted by Gasteiger charge is -2.17. The fourth-order valence-electron chi connectivity index (χ4n) is 3.92. The van der Waals surface area contributed by atoms with Gasteiger partial charge in [0.1, 0.15) is 11.1 Å². The Kier molecular flexibility index (Phi) is 7.03. The number of nitrogens with zero attached hydrogens (tertiary/aromatic N) is 4. The lowest BCUT2D eigenvalue weighted by molar-refractivity contribution is -0.113. The van der Waals surface area contributed by atoms with Crippen molar-refractivity contribution >= 4 is 45.3 Å². The van der Waals surface area contributed by atoms with Crippen molar-refractivity contribution in [2.24, 2.45) is 5.92 Å². The van der Waals surface area contributed by atoms with Gasteiger partial charge in [-0.05, 0) is 49.7 Å². The number of thiophene rings is 2. The molecule has 168 valence electrons. The number of carbonyl (C=O) groups excluding carboxylic acids is 1. The molecule has 0 bridgehead atoms. The summed E-state index contributed by atoms with van der Waals surface area (Å²) in [7, 11) is 0.